The van der Waals surface area contributed by atoms with E-state index in [9.17, 15) is 4.79 Å². The average Bonchev–Trinajstić information content (AvgIpc) is 2.10. The van der Waals surface area contributed by atoms with Gasteiger partial charge in [-0.1, -0.05) is 15.9 Å². The van der Waals surface area contributed by atoms with Crippen LogP contribution in [0.3, 0.4) is 0 Å². The molecule has 1 aromatic rings. The highest BCUT2D eigenvalue weighted by Gasteiger charge is 2.04. The van der Waals surface area contributed by atoms with Crippen LogP contribution in [0.4, 0.5) is 0 Å². The number of benzene rings is 1. The molecule has 0 atom stereocenters. The van der Waals surface area contributed by atoms with Crippen molar-refractivity contribution in [3.05, 3.63) is 33.8 Å². The molecule has 0 bridgehead atoms. The summed E-state index contributed by atoms with van der Waals surface area (Å²) in [5.41, 5.74) is 1.52. The normalized spacial score (nSPS) is 9.08. The number of rotatable bonds is 1. The number of isothiocyanates is 1. The van der Waals surface area contributed by atoms with Gasteiger partial charge < -0.3 is 0 Å². The zero-order chi connectivity index (χ0) is 9.84. The lowest BCUT2D eigenvalue weighted by Gasteiger charge is -1.98. The molecule has 1 amide bonds. The molecule has 0 spiro atoms. The van der Waals surface area contributed by atoms with Gasteiger partial charge >= 0.3 is 0 Å². The molecule has 0 saturated heterocycles. The SMILES string of the molecule is Cc1cc(C(=O)N=C=S)ccc1Br. The van der Waals surface area contributed by atoms with E-state index in [1.807, 2.05) is 18.2 Å². The lowest BCUT2D eigenvalue weighted by Crippen LogP contribution is -1.94. The highest BCUT2D eigenvalue weighted by molar-refractivity contribution is 9.10. The van der Waals surface area contributed by atoms with E-state index in [1.165, 1.54) is 0 Å². The molecule has 1 aromatic carbocycles. The van der Waals surface area contributed by atoms with Gasteiger partial charge in [-0.3, -0.25) is 4.79 Å². The Kier molecular flexibility index (Phi) is 3.48. The van der Waals surface area contributed by atoms with Crippen molar-refractivity contribution in [1.29, 1.82) is 0 Å². The molecular formula is C9H6BrNOS. The number of nitrogens with zero attached hydrogens (tertiary/aromatic N) is 1. The van der Waals surface area contributed by atoms with Crippen LogP contribution >= 0.6 is 28.1 Å². The lowest BCUT2D eigenvalue weighted by atomic mass is 10.1. The van der Waals surface area contributed by atoms with Gasteiger partial charge in [0.1, 0.15) is 0 Å². The summed E-state index contributed by atoms with van der Waals surface area (Å²) in [6.45, 7) is 1.90. The summed E-state index contributed by atoms with van der Waals surface area (Å²) in [6.07, 6.45) is 0. The molecule has 66 valence electrons. The molecule has 13 heavy (non-hydrogen) atoms. The number of amides is 1. The zero-order valence-corrected chi connectivity index (χ0v) is 9.28. The quantitative estimate of drug-likeness (QED) is 0.571. The van der Waals surface area contributed by atoms with Gasteiger partial charge in [0, 0.05) is 10.0 Å². The maximum Gasteiger partial charge on any atom is 0.285 e. The van der Waals surface area contributed by atoms with Gasteiger partial charge in [-0.25, -0.2) is 0 Å². The molecule has 0 heterocycles. The second-order valence-corrected chi connectivity index (χ2v) is 3.51. The third-order valence-corrected chi connectivity index (χ3v) is 2.53. The molecule has 2 nitrogen and oxygen atoms in total. The fourth-order valence-corrected chi connectivity index (χ4v) is 1.21. The van der Waals surface area contributed by atoms with E-state index >= 15 is 0 Å². The number of hydrogen-bond donors (Lipinski definition) is 0. The minimum absolute atomic E-state index is 0.356. The van der Waals surface area contributed by atoms with Crippen LogP contribution in [0.2, 0.25) is 0 Å². The average molecular weight is 256 g/mol. The highest BCUT2D eigenvalue weighted by atomic mass is 79.9. The summed E-state index contributed by atoms with van der Waals surface area (Å²) in [5, 5.41) is 2.05. The molecule has 0 aliphatic rings. The number of carbonyl (C=O) groups excluding carboxylic acids is 1. The third kappa shape index (κ3) is 2.56. The minimum atomic E-state index is -0.356. The van der Waals surface area contributed by atoms with Gasteiger partial charge in [-0.05, 0) is 42.9 Å². The van der Waals surface area contributed by atoms with E-state index in [-0.39, 0.29) is 5.91 Å². The molecule has 0 saturated carbocycles. The van der Waals surface area contributed by atoms with Crippen molar-refractivity contribution in [1.82, 2.24) is 0 Å². The first kappa shape index (κ1) is 10.3. The Hall–Kier alpha value is -0.830. The molecule has 0 fully saturated rings. The van der Waals surface area contributed by atoms with E-state index < -0.39 is 0 Å². The van der Waals surface area contributed by atoms with E-state index in [2.05, 4.69) is 33.1 Å². The summed E-state index contributed by atoms with van der Waals surface area (Å²) in [6, 6.07) is 5.25. The number of aryl methyl sites for hydroxylation is 1. The van der Waals surface area contributed by atoms with Crippen LogP contribution in [0.15, 0.2) is 27.7 Å². The van der Waals surface area contributed by atoms with Gasteiger partial charge in [-0.15, -0.1) is 0 Å². The van der Waals surface area contributed by atoms with Crippen LogP contribution in [0, 0.1) is 6.92 Å². The summed E-state index contributed by atoms with van der Waals surface area (Å²) in [4.78, 5) is 14.6. The fraction of sp³-hybridized carbons (Fsp3) is 0.111. The Morgan fingerprint density at radius 2 is 2.31 bits per heavy atom. The first-order valence-electron chi connectivity index (χ1n) is 3.53. The van der Waals surface area contributed by atoms with Gasteiger partial charge in [0.2, 0.25) is 0 Å². The van der Waals surface area contributed by atoms with Crippen LogP contribution in [0.5, 0.6) is 0 Å². The number of thiocarbonyl (C=S) groups is 1. The molecule has 0 radical (unpaired) electrons. The Labute approximate surface area is 89.8 Å². The van der Waals surface area contributed by atoms with E-state index in [0.29, 0.717) is 5.56 Å². The number of hydrogen-bond acceptors (Lipinski definition) is 2. The second-order valence-electron chi connectivity index (χ2n) is 2.47. The van der Waals surface area contributed by atoms with E-state index in [0.717, 1.165) is 10.0 Å². The molecule has 0 N–H and O–H groups in total. The van der Waals surface area contributed by atoms with Crippen molar-refractivity contribution < 1.29 is 4.79 Å². The largest absolute Gasteiger partial charge is 0.285 e. The van der Waals surface area contributed by atoms with Crippen molar-refractivity contribution in [3.8, 4) is 0 Å². The first-order chi connectivity index (χ1) is 6.15. The maximum atomic E-state index is 11.2. The molecule has 0 aliphatic carbocycles. The molecular weight excluding hydrogens is 250 g/mol. The predicted molar refractivity (Wildman–Crippen MR) is 58.2 cm³/mol. The maximum absolute atomic E-state index is 11.2. The zero-order valence-electron chi connectivity index (χ0n) is 6.87. The van der Waals surface area contributed by atoms with Crippen LogP contribution in [0.25, 0.3) is 0 Å². The van der Waals surface area contributed by atoms with Crippen LogP contribution < -0.4 is 0 Å². The van der Waals surface area contributed by atoms with Crippen molar-refractivity contribution in [3.63, 3.8) is 0 Å². The van der Waals surface area contributed by atoms with Crippen molar-refractivity contribution in [2.24, 2.45) is 4.99 Å². The first-order valence-corrected chi connectivity index (χ1v) is 4.73. The van der Waals surface area contributed by atoms with E-state index in [1.54, 1.807) is 12.1 Å². The van der Waals surface area contributed by atoms with Crippen LogP contribution in [-0.4, -0.2) is 11.1 Å². The summed E-state index contributed by atoms with van der Waals surface area (Å²) < 4.78 is 0.968. The topological polar surface area (TPSA) is 29.4 Å². The number of halogens is 1. The Morgan fingerprint density at radius 3 is 2.85 bits per heavy atom. The Morgan fingerprint density at radius 1 is 1.62 bits per heavy atom. The van der Waals surface area contributed by atoms with Crippen molar-refractivity contribution >= 4 is 39.2 Å². The van der Waals surface area contributed by atoms with E-state index in [4.69, 9.17) is 0 Å². The van der Waals surface area contributed by atoms with Crippen LogP contribution in [-0.2, 0) is 0 Å². The second kappa shape index (κ2) is 4.42. The molecule has 1 rings (SSSR count). The van der Waals surface area contributed by atoms with Crippen LogP contribution in [0.1, 0.15) is 15.9 Å². The van der Waals surface area contributed by atoms with Gasteiger partial charge in [0.05, 0.1) is 5.16 Å². The molecule has 0 aromatic heterocycles. The third-order valence-electron chi connectivity index (χ3n) is 1.55. The molecule has 0 unspecified atom stereocenters. The van der Waals surface area contributed by atoms with Gasteiger partial charge in [-0.2, -0.15) is 4.99 Å². The number of aliphatic imine (C=N–C) groups is 1. The van der Waals surface area contributed by atoms with Crippen molar-refractivity contribution in [2.45, 2.75) is 6.92 Å². The van der Waals surface area contributed by atoms with Gasteiger partial charge in [0.25, 0.3) is 5.91 Å². The summed E-state index contributed by atoms with van der Waals surface area (Å²) in [5.74, 6) is -0.356. The minimum Gasteiger partial charge on any atom is -0.266 e. The summed E-state index contributed by atoms with van der Waals surface area (Å²) in [7, 11) is 0. The molecule has 0 aliphatic heterocycles. The van der Waals surface area contributed by atoms with Crippen molar-refractivity contribution in [2.75, 3.05) is 0 Å². The fourth-order valence-electron chi connectivity index (χ4n) is 0.884. The smallest absolute Gasteiger partial charge is 0.266 e. The molecule has 4 heteroatoms. The Balaban J connectivity index is 3.10. The standard InChI is InChI=1S/C9H6BrNOS/c1-6-4-7(2-3-8(6)10)9(12)11-5-13/h2-4H,1H3. The number of carbonyl (C=O) groups is 1. The lowest BCUT2D eigenvalue weighted by molar-refractivity contribution is 0.100. The monoisotopic (exact) mass is 255 g/mol. The Bertz CT molecular complexity index is 397. The summed E-state index contributed by atoms with van der Waals surface area (Å²) >= 11 is 7.68. The van der Waals surface area contributed by atoms with Gasteiger partial charge in [0.15, 0.2) is 0 Å². The predicted octanol–water partition coefficient (Wildman–Crippen LogP) is 3.00. The highest BCUT2D eigenvalue weighted by Crippen LogP contribution is 2.17.